The van der Waals surface area contributed by atoms with Crippen LogP contribution in [-0.2, 0) is 17.1 Å². The van der Waals surface area contributed by atoms with Crippen molar-refractivity contribution in [3.05, 3.63) is 29.3 Å². The van der Waals surface area contributed by atoms with Crippen LogP contribution < -0.4 is 10.5 Å². The molecule has 0 saturated carbocycles. The molecule has 110 valence electrons. The number of nitrogens with two attached hydrogens (primary N) is 1. The zero-order valence-corrected chi connectivity index (χ0v) is 12.7. The van der Waals surface area contributed by atoms with Crippen molar-refractivity contribution in [3.8, 4) is 0 Å². The first-order valence-corrected chi connectivity index (χ1v) is 7.57. The van der Waals surface area contributed by atoms with Crippen molar-refractivity contribution in [1.82, 2.24) is 14.5 Å². The molecular formula is C12H18N4O3S. The quantitative estimate of drug-likeness (QED) is 0.884. The second kappa shape index (κ2) is 4.95. The second-order valence-electron chi connectivity index (χ2n) is 4.76. The standard InChI is InChI=1S/C12H18N4O3S/c1-7-5-10(9(3)19-7)8(2)15-20(17,18)11-6-16(4)14-12(11)13/h5-6,8,15H,1-4H3,(H2,13,14). The highest BCUT2D eigenvalue weighted by molar-refractivity contribution is 7.89. The van der Waals surface area contributed by atoms with E-state index in [1.807, 2.05) is 13.0 Å². The number of nitrogens with zero attached hydrogens (tertiary/aromatic N) is 2. The van der Waals surface area contributed by atoms with Crippen LogP contribution in [0.3, 0.4) is 0 Å². The highest BCUT2D eigenvalue weighted by Gasteiger charge is 2.24. The molecule has 0 spiro atoms. The Balaban J connectivity index is 2.29. The molecule has 8 heteroatoms. The van der Waals surface area contributed by atoms with E-state index in [2.05, 4.69) is 9.82 Å². The number of aryl methyl sites for hydroxylation is 3. The predicted octanol–water partition coefficient (Wildman–Crippen LogP) is 1.25. The van der Waals surface area contributed by atoms with Crippen LogP contribution in [0.1, 0.15) is 30.0 Å². The highest BCUT2D eigenvalue weighted by atomic mass is 32.2. The van der Waals surface area contributed by atoms with Gasteiger partial charge in [0, 0.05) is 24.8 Å². The number of sulfonamides is 1. The number of nitrogens with one attached hydrogen (secondary N) is 1. The smallest absolute Gasteiger partial charge is 0.246 e. The SMILES string of the molecule is Cc1cc(C(C)NS(=O)(=O)c2cn(C)nc2N)c(C)o1. The third-order valence-electron chi connectivity index (χ3n) is 2.99. The summed E-state index contributed by atoms with van der Waals surface area (Å²) in [4.78, 5) is -0.0234. The number of anilines is 1. The van der Waals surface area contributed by atoms with E-state index in [4.69, 9.17) is 10.2 Å². The summed E-state index contributed by atoms with van der Waals surface area (Å²) in [6, 6.07) is 1.40. The van der Waals surface area contributed by atoms with E-state index in [0.29, 0.717) is 5.76 Å². The molecular weight excluding hydrogens is 280 g/mol. The fourth-order valence-corrected chi connectivity index (χ4v) is 3.46. The summed E-state index contributed by atoms with van der Waals surface area (Å²) in [5, 5.41) is 3.84. The molecule has 7 nitrogen and oxygen atoms in total. The molecule has 2 aromatic heterocycles. The molecule has 0 aromatic carbocycles. The Labute approximate surface area is 117 Å². The van der Waals surface area contributed by atoms with Gasteiger partial charge in [-0.25, -0.2) is 13.1 Å². The molecule has 1 atom stereocenters. The molecule has 3 N–H and O–H groups in total. The lowest BCUT2D eigenvalue weighted by Gasteiger charge is -2.12. The van der Waals surface area contributed by atoms with Crippen molar-refractivity contribution in [1.29, 1.82) is 0 Å². The molecule has 0 amide bonds. The Kier molecular flexibility index (Phi) is 3.61. The topological polar surface area (TPSA) is 103 Å². The lowest BCUT2D eigenvalue weighted by Crippen LogP contribution is -2.27. The van der Waals surface area contributed by atoms with Crippen LogP contribution in [0.4, 0.5) is 5.82 Å². The molecule has 0 fully saturated rings. The maximum atomic E-state index is 12.3. The van der Waals surface area contributed by atoms with E-state index < -0.39 is 16.1 Å². The molecule has 0 aliphatic rings. The maximum Gasteiger partial charge on any atom is 0.246 e. The average molecular weight is 298 g/mol. The van der Waals surface area contributed by atoms with Gasteiger partial charge in [0.15, 0.2) is 5.82 Å². The number of aromatic nitrogens is 2. The summed E-state index contributed by atoms with van der Waals surface area (Å²) in [7, 11) is -2.11. The lowest BCUT2D eigenvalue weighted by atomic mass is 10.1. The first kappa shape index (κ1) is 14.6. The number of hydrogen-bond acceptors (Lipinski definition) is 5. The number of hydrogen-bond donors (Lipinski definition) is 2. The Bertz CT molecular complexity index is 730. The normalized spacial score (nSPS) is 13.6. The average Bonchev–Trinajstić information content (AvgIpc) is 2.81. The van der Waals surface area contributed by atoms with Crippen molar-refractivity contribution in [2.24, 2.45) is 7.05 Å². The minimum absolute atomic E-state index is 0.0210. The summed E-state index contributed by atoms with van der Waals surface area (Å²) >= 11 is 0. The van der Waals surface area contributed by atoms with Crippen LogP contribution in [-0.4, -0.2) is 18.2 Å². The van der Waals surface area contributed by atoms with Crippen molar-refractivity contribution in [2.75, 3.05) is 5.73 Å². The molecule has 2 aromatic rings. The molecule has 2 heterocycles. The Hall–Kier alpha value is -1.80. The zero-order chi connectivity index (χ0) is 15.1. The van der Waals surface area contributed by atoms with Gasteiger partial charge >= 0.3 is 0 Å². The minimum atomic E-state index is -3.73. The third-order valence-corrected chi connectivity index (χ3v) is 4.55. The highest BCUT2D eigenvalue weighted by Crippen LogP contribution is 2.24. The summed E-state index contributed by atoms with van der Waals surface area (Å²) in [6.07, 6.45) is 1.37. The number of nitrogen functional groups attached to an aromatic ring is 1. The van der Waals surface area contributed by atoms with Gasteiger partial charge in [0.05, 0.1) is 0 Å². The van der Waals surface area contributed by atoms with Gasteiger partial charge in [-0.2, -0.15) is 5.10 Å². The van der Waals surface area contributed by atoms with Crippen molar-refractivity contribution >= 4 is 15.8 Å². The van der Waals surface area contributed by atoms with E-state index in [9.17, 15) is 8.42 Å². The first-order chi connectivity index (χ1) is 9.20. The van der Waals surface area contributed by atoms with E-state index in [0.717, 1.165) is 11.3 Å². The molecule has 0 aliphatic heterocycles. The number of rotatable bonds is 4. The van der Waals surface area contributed by atoms with Crippen molar-refractivity contribution in [3.63, 3.8) is 0 Å². The lowest BCUT2D eigenvalue weighted by molar-refractivity contribution is 0.496. The molecule has 0 bridgehead atoms. The van der Waals surface area contributed by atoms with Crippen LogP contribution in [0.2, 0.25) is 0 Å². The summed E-state index contributed by atoms with van der Waals surface area (Å²) < 4.78 is 33.9. The van der Waals surface area contributed by atoms with Gasteiger partial charge in [-0.3, -0.25) is 4.68 Å². The van der Waals surface area contributed by atoms with E-state index in [-0.39, 0.29) is 10.7 Å². The van der Waals surface area contributed by atoms with Gasteiger partial charge in [-0.1, -0.05) is 0 Å². The van der Waals surface area contributed by atoms with Crippen LogP contribution >= 0.6 is 0 Å². The van der Waals surface area contributed by atoms with Crippen molar-refractivity contribution < 1.29 is 12.8 Å². The first-order valence-electron chi connectivity index (χ1n) is 6.09. The van der Waals surface area contributed by atoms with Gasteiger partial charge in [0.1, 0.15) is 16.4 Å². The van der Waals surface area contributed by atoms with E-state index in [1.54, 1.807) is 20.9 Å². The Morgan fingerprint density at radius 2 is 2.10 bits per heavy atom. The Morgan fingerprint density at radius 3 is 2.55 bits per heavy atom. The van der Waals surface area contributed by atoms with Gasteiger partial charge in [0.25, 0.3) is 0 Å². The van der Waals surface area contributed by atoms with Gasteiger partial charge in [0.2, 0.25) is 10.0 Å². The van der Waals surface area contributed by atoms with Gasteiger partial charge in [-0.15, -0.1) is 0 Å². The van der Waals surface area contributed by atoms with Crippen LogP contribution in [0.5, 0.6) is 0 Å². The summed E-state index contributed by atoms with van der Waals surface area (Å²) in [5.74, 6) is 1.41. The minimum Gasteiger partial charge on any atom is -0.466 e. The molecule has 0 aliphatic carbocycles. The molecule has 0 radical (unpaired) electrons. The largest absolute Gasteiger partial charge is 0.466 e. The van der Waals surface area contributed by atoms with Crippen LogP contribution in [0.25, 0.3) is 0 Å². The predicted molar refractivity (Wildman–Crippen MR) is 74.5 cm³/mol. The number of furan rings is 1. The monoisotopic (exact) mass is 298 g/mol. The Morgan fingerprint density at radius 1 is 1.45 bits per heavy atom. The van der Waals surface area contributed by atoms with Gasteiger partial charge < -0.3 is 10.2 Å². The fraction of sp³-hybridized carbons (Fsp3) is 0.417. The summed E-state index contributed by atoms with van der Waals surface area (Å²) in [6.45, 7) is 5.36. The second-order valence-corrected chi connectivity index (χ2v) is 6.45. The van der Waals surface area contributed by atoms with Crippen LogP contribution in [0, 0.1) is 13.8 Å². The summed E-state index contributed by atoms with van der Waals surface area (Å²) in [5.41, 5.74) is 6.41. The molecule has 0 saturated heterocycles. The molecule has 2 rings (SSSR count). The molecule has 20 heavy (non-hydrogen) atoms. The van der Waals surface area contributed by atoms with Crippen molar-refractivity contribution in [2.45, 2.75) is 31.7 Å². The third kappa shape index (κ3) is 2.70. The maximum absolute atomic E-state index is 12.3. The van der Waals surface area contributed by atoms with Crippen LogP contribution in [0.15, 0.2) is 21.6 Å². The molecule has 1 unspecified atom stereocenters. The van der Waals surface area contributed by atoms with E-state index >= 15 is 0 Å². The fourth-order valence-electron chi connectivity index (χ4n) is 2.13. The van der Waals surface area contributed by atoms with E-state index in [1.165, 1.54) is 10.9 Å². The zero-order valence-electron chi connectivity index (χ0n) is 11.8. The van der Waals surface area contributed by atoms with Gasteiger partial charge in [-0.05, 0) is 26.8 Å².